The van der Waals surface area contributed by atoms with Crippen molar-refractivity contribution in [2.75, 3.05) is 7.11 Å². The Balaban J connectivity index is 5.32. The molecule has 0 heterocycles. The highest BCUT2D eigenvalue weighted by molar-refractivity contribution is 5.90. The molecule has 4 nitrogen and oxygen atoms in total. The van der Waals surface area contributed by atoms with Crippen LogP contribution in [0.2, 0.25) is 0 Å². The van der Waals surface area contributed by atoms with Gasteiger partial charge in [-0.05, 0) is 17.3 Å². The fourth-order valence-corrected chi connectivity index (χ4v) is 2.34. The Bertz CT molecular complexity index is 426. The van der Waals surface area contributed by atoms with Gasteiger partial charge in [-0.1, -0.05) is 48.5 Å². The van der Waals surface area contributed by atoms with Crippen molar-refractivity contribution in [2.24, 2.45) is 10.8 Å². The first-order chi connectivity index (χ1) is 9.43. The second kappa shape index (κ2) is 7.46. The van der Waals surface area contributed by atoms with Crippen LogP contribution in [0.3, 0.4) is 0 Å². The minimum Gasteiger partial charge on any atom is -0.465 e. The van der Waals surface area contributed by atoms with E-state index < -0.39 is 11.9 Å². The minimum atomic E-state index is -0.544. The number of esters is 2. The van der Waals surface area contributed by atoms with E-state index in [1.165, 1.54) is 7.11 Å². The molecule has 0 radical (unpaired) electrons. The maximum absolute atomic E-state index is 12.3. The quantitative estimate of drug-likeness (QED) is 0.451. The largest absolute Gasteiger partial charge is 0.465 e. The van der Waals surface area contributed by atoms with E-state index >= 15 is 0 Å². The number of ether oxygens (including phenoxy) is 2. The first-order valence-electron chi connectivity index (χ1n) is 7.18. The zero-order valence-corrected chi connectivity index (χ0v) is 14.5. The Morgan fingerprint density at radius 2 is 1.57 bits per heavy atom. The summed E-state index contributed by atoms with van der Waals surface area (Å²) in [5, 5.41) is 0. The Labute approximate surface area is 128 Å². The molecule has 0 atom stereocenters. The Morgan fingerprint density at radius 1 is 1.10 bits per heavy atom. The highest BCUT2D eigenvalue weighted by Crippen LogP contribution is 2.36. The maximum Gasteiger partial charge on any atom is 0.342 e. The molecule has 0 saturated heterocycles. The molecule has 120 valence electrons. The van der Waals surface area contributed by atoms with Gasteiger partial charge in [0.1, 0.15) is 6.10 Å². The van der Waals surface area contributed by atoms with Crippen LogP contribution >= 0.6 is 0 Å². The monoisotopic (exact) mass is 296 g/mol. The van der Waals surface area contributed by atoms with E-state index in [0.29, 0.717) is 12.0 Å². The van der Waals surface area contributed by atoms with Gasteiger partial charge in [0.05, 0.1) is 18.8 Å². The summed E-state index contributed by atoms with van der Waals surface area (Å²) in [7, 11) is 1.28. The predicted molar refractivity (Wildman–Crippen MR) is 82.7 cm³/mol. The van der Waals surface area contributed by atoms with Crippen molar-refractivity contribution in [3.63, 3.8) is 0 Å². The number of hydrogen-bond acceptors (Lipinski definition) is 4. The SMILES string of the molecule is CCC(=C=CC(=O)OC)C(=O)OC(C(C)(C)C)C(C)(C)C. The predicted octanol–water partition coefficient (Wildman–Crippen LogP) is 3.65. The maximum atomic E-state index is 12.3. The molecular formula is C17H28O4. The molecule has 0 fully saturated rings. The van der Waals surface area contributed by atoms with E-state index in [1.807, 2.05) is 48.5 Å². The van der Waals surface area contributed by atoms with Gasteiger partial charge in [-0.15, -0.1) is 5.73 Å². The minimum absolute atomic E-state index is 0.182. The first-order valence-corrected chi connectivity index (χ1v) is 7.18. The summed E-state index contributed by atoms with van der Waals surface area (Å²) in [5.41, 5.74) is 2.64. The first kappa shape index (κ1) is 19.5. The van der Waals surface area contributed by atoms with Crippen LogP contribution in [0.15, 0.2) is 17.4 Å². The summed E-state index contributed by atoms with van der Waals surface area (Å²) >= 11 is 0. The second-order valence-corrected chi connectivity index (χ2v) is 7.16. The molecule has 0 spiro atoms. The van der Waals surface area contributed by atoms with E-state index in [9.17, 15) is 9.59 Å². The summed E-state index contributed by atoms with van der Waals surface area (Å²) in [6.07, 6.45) is 1.30. The van der Waals surface area contributed by atoms with E-state index in [1.54, 1.807) is 0 Å². The third-order valence-electron chi connectivity index (χ3n) is 2.96. The summed E-state index contributed by atoms with van der Waals surface area (Å²) < 4.78 is 10.2. The van der Waals surface area contributed by atoms with Crippen LogP contribution in [-0.2, 0) is 19.1 Å². The molecule has 0 aliphatic heterocycles. The van der Waals surface area contributed by atoms with Gasteiger partial charge in [0.25, 0.3) is 0 Å². The standard InChI is InChI=1S/C17H28O4/c1-9-12(10-11-13(18)20-8)14(19)21-15(16(2,3)4)17(5,6)7/h11,15H,9H2,1-8H3. The third kappa shape index (κ3) is 6.63. The molecule has 0 aromatic carbocycles. The van der Waals surface area contributed by atoms with Crippen molar-refractivity contribution in [2.45, 2.75) is 61.0 Å². The zero-order valence-electron chi connectivity index (χ0n) is 14.5. The number of hydrogen-bond donors (Lipinski definition) is 0. The summed E-state index contributed by atoms with van der Waals surface area (Å²) in [4.78, 5) is 23.4. The zero-order chi connectivity index (χ0) is 16.8. The van der Waals surface area contributed by atoms with Crippen molar-refractivity contribution in [1.82, 2.24) is 0 Å². The van der Waals surface area contributed by atoms with E-state index in [2.05, 4.69) is 10.5 Å². The molecule has 21 heavy (non-hydrogen) atoms. The molecule has 0 amide bonds. The summed E-state index contributed by atoms with van der Waals surface area (Å²) in [6, 6.07) is 0. The van der Waals surface area contributed by atoms with Crippen molar-refractivity contribution in [1.29, 1.82) is 0 Å². The molecule has 0 rings (SSSR count). The number of methoxy groups -OCH3 is 1. The molecule has 4 heteroatoms. The fourth-order valence-electron chi connectivity index (χ4n) is 2.34. The van der Waals surface area contributed by atoms with Crippen LogP contribution in [-0.4, -0.2) is 25.2 Å². The van der Waals surface area contributed by atoms with Gasteiger partial charge < -0.3 is 9.47 Å². The van der Waals surface area contributed by atoms with Crippen LogP contribution in [0, 0.1) is 10.8 Å². The average Bonchev–Trinajstić information content (AvgIpc) is 2.33. The lowest BCUT2D eigenvalue weighted by atomic mass is 9.74. The Morgan fingerprint density at radius 3 is 1.90 bits per heavy atom. The Hall–Kier alpha value is -1.54. The van der Waals surface area contributed by atoms with Gasteiger partial charge in [0.2, 0.25) is 0 Å². The van der Waals surface area contributed by atoms with Gasteiger partial charge >= 0.3 is 11.9 Å². The molecule has 0 aromatic rings. The normalized spacial score (nSPS) is 11.7. The lowest BCUT2D eigenvalue weighted by molar-refractivity contribution is -0.159. The van der Waals surface area contributed by atoms with Gasteiger partial charge in [0, 0.05) is 0 Å². The number of carbonyl (C=O) groups excluding carboxylic acids is 2. The van der Waals surface area contributed by atoms with Crippen LogP contribution in [0.25, 0.3) is 0 Å². The van der Waals surface area contributed by atoms with E-state index in [4.69, 9.17) is 4.74 Å². The van der Waals surface area contributed by atoms with Gasteiger partial charge in [-0.2, -0.15) is 0 Å². The second-order valence-electron chi connectivity index (χ2n) is 7.16. The van der Waals surface area contributed by atoms with Crippen molar-refractivity contribution >= 4 is 11.9 Å². The van der Waals surface area contributed by atoms with Crippen molar-refractivity contribution in [3.05, 3.63) is 17.4 Å². The summed E-state index contributed by atoms with van der Waals surface area (Å²) in [6.45, 7) is 14.0. The lowest BCUT2D eigenvalue weighted by Gasteiger charge is -2.39. The van der Waals surface area contributed by atoms with Crippen LogP contribution in [0.1, 0.15) is 54.9 Å². The van der Waals surface area contributed by atoms with Crippen molar-refractivity contribution in [3.8, 4) is 0 Å². The van der Waals surface area contributed by atoms with Crippen LogP contribution < -0.4 is 0 Å². The van der Waals surface area contributed by atoms with Crippen LogP contribution in [0.5, 0.6) is 0 Å². The number of rotatable bonds is 4. The van der Waals surface area contributed by atoms with E-state index in [-0.39, 0.29) is 16.9 Å². The van der Waals surface area contributed by atoms with E-state index in [0.717, 1.165) is 6.08 Å². The average molecular weight is 296 g/mol. The van der Waals surface area contributed by atoms with Gasteiger partial charge in [0.15, 0.2) is 0 Å². The molecule has 0 saturated carbocycles. The fraction of sp³-hybridized carbons (Fsp3) is 0.706. The molecular weight excluding hydrogens is 268 g/mol. The highest BCUT2D eigenvalue weighted by atomic mass is 16.5. The molecule has 0 aromatic heterocycles. The molecule has 0 aliphatic carbocycles. The summed E-state index contributed by atoms with van der Waals surface area (Å²) in [5.74, 6) is -0.982. The van der Waals surface area contributed by atoms with Gasteiger partial charge in [-0.25, -0.2) is 9.59 Å². The topological polar surface area (TPSA) is 52.6 Å². The highest BCUT2D eigenvalue weighted by Gasteiger charge is 2.38. The smallest absolute Gasteiger partial charge is 0.342 e. The molecule has 0 unspecified atom stereocenters. The Kier molecular flexibility index (Phi) is 6.92. The molecule has 0 N–H and O–H groups in total. The van der Waals surface area contributed by atoms with Gasteiger partial charge in [-0.3, -0.25) is 0 Å². The van der Waals surface area contributed by atoms with Crippen LogP contribution in [0.4, 0.5) is 0 Å². The third-order valence-corrected chi connectivity index (χ3v) is 2.96. The lowest BCUT2D eigenvalue weighted by Crippen LogP contribution is -2.42. The number of carbonyl (C=O) groups is 2. The molecule has 0 bridgehead atoms. The molecule has 0 aliphatic rings. The van der Waals surface area contributed by atoms with Crippen molar-refractivity contribution < 1.29 is 19.1 Å².